The maximum atomic E-state index is 11.4. The summed E-state index contributed by atoms with van der Waals surface area (Å²) in [4.78, 5) is 11.4. The highest BCUT2D eigenvalue weighted by molar-refractivity contribution is 9.10. The van der Waals surface area contributed by atoms with Gasteiger partial charge in [0, 0.05) is 15.6 Å². The zero-order valence-electron chi connectivity index (χ0n) is 12.0. The molecule has 0 amide bonds. The molecule has 0 radical (unpaired) electrons. The third kappa shape index (κ3) is 3.60. The van der Waals surface area contributed by atoms with Gasteiger partial charge in [-0.2, -0.15) is 0 Å². The van der Waals surface area contributed by atoms with E-state index in [-0.39, 0.29) is 5.57 Å². The number of hydrogen-bond acceptors (Lipinski definition) is 3. The van der Waals surface area contributed by atoms with Crippen molar-refractivity contribution in [3.05, 3.63) is 82.5 Å². The monoisotopic (exact) mass is 367 g/mol. The fourth-order valence-electron chi connectivity index (χ4n) is 2.22. The van der Waals surface area contributed by atoms with E-state index in [4.69, 9.17) is 4.42 Å². The second-order valence-corrected chi connectivity index (χ2v) is 5.84. The lowest BCUT2D eigenvalue weighted by molar-refractivity contribution is -0.295. The highest BCUT2D eigenvalue weighted by atomic mass is 79.9. The average molecular weight is 368 g/mol. The molecule has 0 bridgehead atoms. The molecule has 0 atom stereocenters. The quantitative estimate of drug-likeness (QED) is 0.654. The molecule has 0 aliphatic carbocycles. The molecule has 0 saturated heterocycles. The molecule has 0 fully saturated rings. The molecule has 0 aliphatic heterocycles. The molecule has 114 valence electrons. The molecule has 1 heterocycles. The number of rotatable bonds is 4. The predicted octanol–water partition coefficient (Wildman–Crippen LogP) is 4.00. The van der Waals surface area contributed by atoms with Crippen molar-refractivity contribution in [2.24, 2.45) is 0 Å². The zero-order valence-corrected chi connectivity index (χ0v) is 13.6. The first-order valence-corrected chi connectivity index (χ1v) is 7.77. The molecule has 0 spiro atoms. The summed E-state index contributed by atoms with van der Waals surface area (Å²) in [6.07, 6.45) is 1.48. The minimum atomic E-state index is -1.24. The number of furan rings is 1. The van der Waals surface area contributed by atoms with Crippen molar-refractivity contribution < 1.29 is 14.3 Å². The standard InChI is InChI=1S/C19H13BrO3/c20-15-8-6-14(7-9-15)18-11-10-16(23-18)12-17(19(21)22)13-4-2-1-3-5-13/h1-12H,(H,21,22)/p-1/b17-12-. The Morgan fingerprint density at radius 1 is 0.957 bits per heavy atom. The van der Waals surface area contributed by atoms with Gasteiger partial charge < -0.3 is 14.3 Å². The minimum Gasteiger partial charge on any atom is -0.545 e. The molecule has 0 saturated carbocycles. The summed E-state index contributed by atoms with van der Waals surface area (Å²) in [5, 5.41) is 11.4. The van der Waals surface area contributed by atoms with Gasteiger partial charge in [-0.1, -0.05) is 58.4 Å². The van der Waals surface area contributed by atoms with Crippen LogP contribution >= 0.6 is 15.9 Å². The van der Waals surface area contributed by atoms with Crippen LogP contribution < -0.4 is 5.11 Å². The van der Waals surface area contributed by atoms with E-state index in [1.165, 1.54) is 6.08 Å². The highest BCUT2D eigenvalue weighted by Crippen LogP contribution is 2.26. The van der Waals surface area contributed by atoms with Crippen LogP contribution in [0.2, 0.25) is 0 Å². The molecule has 3 nitrogen and oxygen atoms in total. The van der Waals surface area contributed by atoms with Gasteiger partial charge in [-0.05, 0) is 35.9 Å². The van der Waals surface area contributed by atoms with Crippen LogP contribution in [0.1, 0.15) is 11.3 Å². The van der Waals surface area contributed by atoms with Crippen LogP contribution in [0.25, 0.3) is 23.0 Å². The van der Waals surface area contributed by atoms with E-state index >= 15 is 0 Å². The Morgan fingerprint density at radius 3 is 2.30 bits per heavy atom. The molecule has 3 aromatic rings. The van der Waals surface area contributed by atoms with Crippen molar-refractivity contribution in [1.29, 1.82) is 0 Å². The molecule has 2 aromatic carbocycles. The topological polar surface area (TPSA) is 53.3 Å². The van der Waals surface area contributed by atoms with Crippen LogP contribution in [-0.2, 0) is 4.79 Å². The van der Waals surface area contributed by atoms with Gasteiger partial charge >= 0.3 is 0 Å². The molecule has 1 aromatic heterocycles. The van der Waals surface area contributed by atoms with Crippen LogP contribution in [0.4, 0.5) is 0 Å². The first-order chi connectivity index (χ1) is 11.1. The minimum absolute atomic E-state index is 0.0855. The predicted molar refractivity (Wildman–Crippen MR) is 91.2 cm³/mol. The second kappa shape index (κ2) is 6.67. The summed E-state index contributed by atoms with van der Waals surface area (Å²) < 4.78 is 6.71. The maximum Gasteiger partial charge on any atom is 0.134 e. The summed E-state index contributed by atoms with van der Waals surface area (Å²) in [6, 6.07) is 20.1. The molecule has 0 aliphatic rings. The lowest BCUT2D eigenvalue weighted by Gasteiger charge is -2.07. The highest BCUT2D eigenvalue weighted by Gasteiger charge is 2.07. The summed E-state index contributed by atoms with van der Waals surface area (Å²) in [7, 11) is 0. The van der Waals surface area contributed by atoms with Crippen LogP contribution in [0.15, 0.2) is 75.6 Å². The lowest BCUT2D eigenvalue weighted by atomic mass is 10.1. The number of carboxylic acid groups (broad SMARTS) is 1. The van der Waals surface area contributed by atoms with Crippen molar-refractivity contribution in [2.75, 3.05) is 0 Å². The number of aliphatic carboxylic acids is 1. The van der Waals surface area contributed by atoms with Crippen LogP contribution in [0.5, 0.6) is 0 Å². The smallest absolute Gasteiger partial charge is 0.134 e. The fraction of sp³-hybridized carbons (Fsp3) is 0. The number of carbonyl (C=O) groups excluding carboxylic acids is 1. The van der Waals surface area contributed by atoms with Crippen molar-refractivity contribution in [1.82, 2.24) is 0 Å². The summed E-state index contributed by atoms with van der Waals surface area (Å²) in [5.74, 6) is -0.0988. The van der Waals surface area contributed by atoms with Crippen LogP contribution in [-0.4, -0.2) is 5.97 Å². The van der Waals surface area contributed by atoms with Gasteiger partial charge in [0.2, 0.25) is 0 Å². The maximum absolute atomic E-state index is 11.4. The lowest BCUT2D eigenvalue weighted by Crippen LogP contribution is -2.23. The molecule has 4 heteroatoms. The van der Waals surface area contributed by atoms with E-state index in [0.29, 0.717) is 17.1 Å². The van der Waals surface area contributed by atoms with Crippen molar-refractivity contribution in [3.63, 3.8) is 0 Å². The first kappa shape index (κ1) is 15.3. The van der Waals surface area contributed by atoms with Gasteiger partial charge in [0.1, 0.15) is 11.5 Å². The number of carboxylic acids is 1. The average Bonchev–Trinajstić information content (AvgIpc) is 3.02. The molecule has 0 unspecified atom stereocenters. The normalized spacial score (nSPS) is 11.4. The Bertz CT molecular complexity index is 846. The Hall–Kier alpha value is -2.59. The van der Waals surface area contributed by atoms with Crippen LogP contribution in [0.3, 0.4) is 0 Å². The largest absolute Gasteiger partial charge is 0.545 e. The van der Waals surface area contributed by atoms with Gasteiger partial charge in [0.05, 0.1) is 5.97 Å². The molecule has 3 rings (SSSR count). The third-order valence-electron chi connectivity index (χ3n) is 3.35. The first-order valence-electron chi connectivity index (χ1n) is 6.98. The third-order valence-corrected chi connectivity index (χ3v) is 3.88. The van der Waals surface area contributed by atoms with E-state index in [9.17, 15) is 9.90 Å². The number of hydrogen-bond donors (Lipinski definition) is 0. The summed E-state index contributed by atoms with van der Waals surface area (Å²) in [6.45, 7) is 0. The Morgan fingerprint density at radius 2 is 1.65 bits per heavy atom. The van der Waals surface area contributed by atoms with E-state index in [0.717, 1.165) is 10.0 Å². The SMILES string of the molecule is O=C([O-])/C(=C\c1ccc(-c2ccc(Br)cc2)o1)c1ccccc1. The molecular weight excluding hydrogens is 356 g/mol. The van der Waals surface area contributed by atoms with E-state index < -0.39 is 5.97 Å². The Kier molecular flexibility index (Phi) is 4.44. The van der Waals surface area contributed by atoms with Gasteiger partial charge in [-0.25, -0.2) is 0 Å². The number of carbonyl (C=O) groups is 1. The van der Waals surface area contributed by atoms with E-state index in [2.05, 4.69) is 15.9 Å². The van der Waals surface area contributed by atoms with Gasteiger partial charge in [0.15, 0.2) is 0 Å². The molecular formula is C19H12BrO3-. The van der Waals surface area contributed by atoms with Gasteiger partial charge in [-0.3, -0.25) is 0 Å². The molecule has 0 N–H and O–H groups in total. The second-order valence-electron chi connectivity index (χ2n) is 4.92. The number of halogens is 1. The van der Waals surface area contributed by atoms with Crippen molar-refractivity contribution >= 4 is 33.5 Å². The van der Waals surface area contributed by atoms with E-state index in [1.807, 2.05) is 36.4 Å². The fourth-order valence-corrected chi connectivity index (χ4v) is 2.48. The zero-order chi connectivity index (χ0) is 16.2. The van der Waals surface area contributed by atoms with Gasteiger partial charge in [0.25, 0.3) is 0 Å². The van der Waals surface area contributed by atoms with E-state index in [1.54, 1.807) is 30.3 Å². The Balaban J connectivity index is 1.95. The van der Waals surface area contributed by atoms with Crippen molar-refractivity contribution in [2.45, 2.75) is 0 Å². The molecule has 23 heavy (non-hydrogen) atoms. The summed E-state index contributed by atoms with van der Waals surface area (Å²) in [5.41, 5.74) is 1.58. The van der Waals surface area contributed by atoms with Gasteiger partial charge in [-0.15, -0.1) is 0 Å². The summed E-state index contributed by atoms with van der Waals surface area (Å²) >= 11 is 3.39. The van der Waals surface area contributed by atoms with Crippen molar-refractivity contribution in [3.8, 4) is 11.3 Å². The number of benzene rings is 2. The Labute approximate surface area is 142 Å². The van der Waals surface area contributed by atoms with Crippen LogP contribution in [0, 0.1) is 0 Å².